The number of rotatable bonds is 8. The van der Waals surface area contributed by atoms with Crippen LogP contribution in [0, 0.1) is 0 Å². The number of ketones is 1. The average Bonchev–Trinajstić information content (AvgIpc) is 2.95. The number of fused-ring (bicyclic) bond motifs is 1. The van der Waals surface area contributed by atoms with Crippen molar-refractivity contribution in [1.82, 2.24) is 9.80 Å². The van der Waals surface area contributed by atoms with Crippen LogP contribution in [0.2, 0.25) is 0 Å². The fraction of sp³-hybridized carbons (Fsp3) is 0.323. The topological polar surface area (TPSA) is 70.2 Å². The summed E-state index contributed by atoms with van der Waals surface area (Å²) in [4.78, 5) is 43.5. The highest BCUT2D eigenvalue weighted by Crippen LogP contribution is 2.33. The van der Waals surface area contributed by atoms with Crippen molar-refractivity contribution in [3.05, 3.63) is 95.6 Å². The van der Waals surface area contributed by atoms with Gasteiger partial charge >= 0.3 is 0 Å². The van der Waals surface area contributed by atoms with Crippen LogP contribution in [0.1, 0.15) is 47.3 Å². The van der Waals surface area contributed by atoms with E-state index < -0.39 is 0 Å². The van der Waals surface area contributed by atoms with Crippen molar-refractivity contribution in [3.63, 3.8) is 0 Å². The van der Waals surface area contributed by atoms with Gasteiger partial charge in [0.25, 0.3) is 5.91 Å². The molecule has 0 unspecified atom stereocenters. The lowest BCUT2D eigenvalue weighted by Crippen LogP contribution is -2.50. The number of hydrogen-bond acceptors (Lipinski definition) is 5. The Morgan fingerprint density at radius 2 is 1.50 bits per heavy atom. The Balaban J connectivity index is 1.18. The molecule has 2 aliphatic rings. The number of piperazine rings is 1. The minimum Gasteiger partial charge on any atom is -0.482 e. The molecule has 7 nitrogen and oxygen atoms in total. The molecule has 0 atom stereocenters. The van der Waals surface area contributed by atoms with E-state index in [1.165, 1.54) is 18.1 Å². The van der Waals surface area contributed by atoms with Crippen molar-refractivity contribution in [1.29, 1.82) is 0 Å². The van der Waals surface area contributed by atoms with Crippen LogP contribution in [0.5, 0.6) is 5.75 Å². The Labute approximate surface area is 223 Å². The van der Waals surface area contributed by atoms with Crippen LogP contribution in [0.25, 0.3) is 0 Å². The van der Waals surface area contributed by atoms with E-state index in [0.717, 1.165) is 13.1 Å². The molecule has 196 valence electrons. The highest BCUT2D eigenvalue weighted by molar-refractivity contribution is 6.01. The molecule has 38 heavy (non-hydrogen) atoms. The van der Waals surface area contributed by atoms with Crippen LogP contribution in [0.3, 0.4) is 0 Å². The first-order chi connectivity index (χ1) is 18.5. The number of ether oxygens (including phenoxy) is 1. The Kier molecular flexibility index (Phi) is 7.84. The summed E-state index contributed by atoms with van der Waals surface area (Å²) in [5.41, 5.74) is 3.64. The second-order valence-electron chi connectivity index (χ2n) is 9.82. The van der Waals surface area contributed by atoms with Crippen molar-refractivity contribution in [2.24, 2.45) is 0 Å². The number of carbonyl (C=O) groups is 3. The fourth-order valence-corrected chi connectivity index (χ4v) is 5.33. The van der Waals surface area contributed by atoms with E-state index in [4.69, 9.17) is 4.74 Å². The largest absolute Gasteiger partial charge is 0.482 e. The summed E-state index contributed by atoms with van der Waals surface area (Å²) in [5.74, 6) is 0.469. The van der Waals surface area contributed by atoms with Crippen molar-refractivity contribution in [2.75, 3.05) is 44.2 Å². The maximum absolute atomic E-state index is 13.1. The predicted molar refractivity (Wildman–Crippen MR) is 146 cm³/mol. The first-order valence-corrected chi connectivity index (χ1v) is 13.2. The van der Waals surface area contributed by atoms with E-state index in [2.05, 4.69) is 53.4 Å². The zero-order valence-corrected chi connectivity index (χ0v) is 21.7. The molecule has 5 rings (SSSR count). The van der Waals surface area contributed by atoms with E-state index in [0.29, 0.717) is 49.5 Å². The average molecular weight is 512 g/mol. The smallest absolute Gasteiger partial charge is 0.265 e. The lowest BCUT2D eigenvalue weighted by atomic mass is 9.96. The van der Waals surface area contributed by atoms with Gasteiger partial charge in [-0.3, -0.25) is 19.3 Å². The van der Waals surface area contributed by atoms with Crippen molar-refractivity contribution >= 4 is 23.3 Å². The Bertz CT molecular complexity index is 1250. The zero-order chi connectivity index (χ0) is 26.5. The highest BCUT2D eigenvalue weighted by Gasteiger charge is 2.29. The van der Waals surface area contributed by atoms with Crippen LogP contribution >= 0.6 is 0 Å². The van der Waals surface area contributed by atoms with E-state index in [-0.39, 0.29) is 30.2 Å². The van der Waals surface area contributed by atoms with Gasteiger partial charge in [-0.25, -0.2) is 0 Å². The molecule has 7 heteroatoms. The number of Topliss-reactive ketones (excluding diaryl/α,β-unsaturated/α-hetero) is 1. The lowest BCUT2D eigenvalue weighted by molar-refractivity contribution is -0.133. The van der Waals surface area contributed by atoms with Gasteiger partial charge < -0.3 is 14.5 Å². The first kappa shape index (κ1) is 25.7. The third-order valence-electron chi connectivity index (χ3n) is 7.34. The number of amides is 2. The molecular weight excluding hydrogens is 478 g/mol. The quantitative estimate of drug-likeness (QED) is 0.421. The lowest BCUT2D eigenvalue weighted by Gasteiger charge is -2.40. The summed E-state index contributed by atoms with van der Waals surface area (Å²) in [6.45, 7) is 4.82. The predicted octanol–water partition coefficient (Wildman–Crippen LogP) is 4.33. The van der Waals surface area contributed by atoms with E-state index in [1.807, 2.05) is 17.0 Å². The molecule has 2 aliphatic heterocycles. The highest BCUT2D eigenvalue weighted by atomic mass is 16.5. The molecule has 3 aromatic carbocycles. The van der Waals surface area contributed by atoms with Gasteiger partial charge in [-0.15, -0.1) is 0 Å². The molecule has 0 spiro atoms. The minimum atomic E-state index is -0.160. The number of anilines is 1. The van der Waals surface area contributed by atoms with Gasteiger partial charge in [0, 0.05) is 44.7 Å². The Hall–Kier alpha value is -3.97. The second kappa shape index (κ2) is 11.6. The Morgan fingerprint density at radius 1 is 0.868 bits per heavy atom. The summed E-state index contributed by atoms with van der Waals surface area (Å²) in [7, 11) is 0. The van der Waals surface area contributed by atoms with Crippen LogP contribution in [0.4, 0.5) is 5.69 Å². The third kappa shape index (κ3) is 5.63. The molecule has 1 saturated heterocycles. The van der Waals surface area contributed by atoms with E-state index in [1.54, 1.807) is 23.1 Å². The number of hydrogen-bond donors (Lipinski definition) is 0. The monoisotopic (exact) mass is 511 g/mol. The van der Waals surface area contributed by atoms with Crippen LogP contribution in [-0.4, -0.2) is 66.7 Å². The van der Waals surface area contributed by atoms with Crippen molar-refractivity contribution < 1.29 is 19.1 Å². The molecule has 0 bridgehead atoms. The Morgan fingerprint density at radius 3 is 2.11 bits per heavy atom. The molecule has 0 saturated carbocycles. The van der Waals surface area contributed by atoms with Crippen LogP contribution in [0.15, 0.2) is 78.9 Å². The summed E-state index contributed by atoms with van der Waals surface area (Å²) in [6.07, 6.45) is 0.915. The number of nitrogens with zero attached hydrogens (tertiary/aromatic N) is 3. The SMILES string of the molecule is CC(=O)c1ccc2c(c1)N(CCCC(=O)N1CCN(C(c3ccccc3)c3ccccc3)CC1)C(=O)CO2. The third-order valence-corrected chi connectivity index (χ3v) is 7.34. The molecule has 0 radical (unpaired) electrons. The summed E-state index contributed by atoms with van der Waals surface area (Å²) in [5, 5.41) is 0. The van der Waals surface area contributed by atoms with Gasteiger partial charge in [0.1, 0.15) is 5.75 Å². The normalized spacial score (nSPS) is 15.8. The standard InChI is InChI=1S/C31H33N3O4/c1-23(35)26-14-15-28-27(21-26)34(30(37)22-38-28)16-8-13-29(36)32-17-19-33(20-18-32)31(24-9-4-2-5-10-24)25-11-6-3-7-12-25/h2-7,9-12,14-15,21,31H,8,13,16-20,22H2,1H3. The second-order valence-corrected chi connectivity index (χ2v) is 9.82. The van der Waals surface area contributed by atoms with E-state index in [9.17, 15) is 14.4 Å². The molecule has 3 aromatic rings. The van der Waals surface area contributed by atoms with Gasteiger partial charge in [-0.05, 0) is 42.7 Å². The minimum absolute atomic E-state index is 0.0354. The van der Waals surface area contributed by atoms with E-state index >= 15 is 0 Å². The van der Waals surface area contributed by atoms with Gasteiger partial charge in [0.05, 0.1) is 11.7 Å². The molecule has 0 aliphatic carbocycles. The van der Waals surface area contributed by atoms with Crippen LogP contribution in [-0.2, 0) is 9.59 Å². The molecule has 0 N–H and O–H groups in total. The molecule has 2 heterocycles. The molecule has 0 aromatic heterocycles. The fourth-order valence-electron chi connectivity index (χ4n) is 5.33. The van der Waals surface area contributed by atoms with Gasteiger partial charge in [-0.2, -0.15) is 0 Å². The van der Waals surface area contributed by atoms with Gasteiger partial charge in [0.2, 0.25) is 5.91 Å². The zero-order valence-electron chi connectivity index (χ0n) is 21.7. The number of carbonyl (C=O) groups excluding carboxylic acids is 3. The summed E-state index contributed by atoms with van der Waals surface area (Å²) < 4.78 is 5.53. The van der Waals surface area contributed by atoms with Gasteiger partial charge in [0.15, 0.2) is 12.4 Å². The molecular formula is C31H33N3O4. The molecule has 2 amide bonds. The first-order valence-electron chi connectivity index (χ1n) is 13.2. The maximum atomic E-state index is 13.1. The maximum Gasteiger partial charge on any atom is 0.265 e. The summed E-state index contributed by atoms with van der Waals surface area (Å²) in [6, 6.07) is 26.3. The molecule has 1 fully saturated rings. The van der Waals surface area contributed by atoms with Crippen molar-refractivity contribution in [2.45, 2.75) is 25.8 Å². The summed E-state index contributed by atoms with van der Waals surface area (Å²) >= 11 is 0. The number of benzene rings is 3. The van der Waals surface area contributed by atoms with Crippen LogP contribution < -0.4 is 9.64 Å². The van der Waals surface area contributed by atoms with Crippen molar-refractivity contribution in [3.8, 4) is 5.75 Å². The van der Waals surface area contributed by atoms with Gasteiger partial charge in [-0.1, -0.05) is 60.7 Å².